The Morgan fingerprint density at radius 1 is 0.529 bits per heavy atom. The third-order valence-electron chi connectivity index (χ3n) is 7.34. The largest absolute Gasteiger partial charge is 0.340 e. The van der Waals surface area contributed by atoms with Crippen molar-refractivity contribution in [3.63, 3.8) is 0 Å². The molecule has 7 rings (SSSR count). The van der Waals surface area contributed by atoms with Gasteiger partial charge in [-0.25, -0.2) is 0 Å². The molecule has 2 aromatic heterocycles. The van der Waals surface area contributed by atoms with Crippen LogP contribution in [-0.4, -0.2) is 9.13 Å². The lowest BCUT2D eigenvalue weighted by Gasteiger charge is -2.14. The van der Waals surface area contributed by atoms with Crippen LogP contribution in [0.15, 0.2) is 103 Å². The van der Waals surface area contributed by atoms with Crippen molar-refractivity contribution in [3.05, 3.63) is 126 Å². The van der Waals surface area contributed by atoms with E-state index in [2.05, 4.69) is 118 Å². The normalized spacial score (nSPS) is 13.2. The minimum Gasteiger partial charge on any atom is -0.340 e. The van der Waals surface area contributed by atoms with Crippen molar-refractivity contribution in [2.45, 2.75) is 25.9 Å². The topological polar surface area (TPSA) is 9.86 Å². The monoisotopic (exact) mass is 438 g/mol. The van der Waals surface area contributed by atoms with Gasteiger partial charge in [0.15, 0.2) is 0 Å². The number of rotatable bonds is 4. The van der Waals surface area contributed by atoms with Crippen LogP contribution in [0.2, 0.25) is 0 Å². The maximum absolute atomic E-state index is 2.52. The number of benzene rings is 4. The third kappa shape index (κ3) is 3.03. The summed E-state index contributed by atoms with van der Waals surface area (Å²) in [6, 6.07) is 35.5. The molecule has 1 aliphatic carbocycles. The second-order valence-corrected chi connectivity index (χ2v) is 9.34. The molecule has 0 N–H and O–H groups in total. The summed E-state index contributed by atoms with van der Waals surface area (Å²) in [5.41, 5.74) is 9.50. The van der Waals surface area contributed by atoms with Crippen LogP contribution >= 0.6 is 0 Å². The zero-order valence-electron chi connectivity index (χ0n) is 19.1. The smallest absolute Gasteiger partial charge is 0.0494 e. The average Bonchev–Trinajstić information content (AvgIpc) is 3.39. The molecule has 0 fully saturated rings. The van der Waals surface area contributed by atoms with Crippen LogP contribution in [0.1, 0.15) is 28.8 Å². The van der Waals surface area contributed by atoms with Crippen molar-refractivity contribution in [3.8, 4) is 0 Å². The SMILES string of the molecule is C1=Cc2c(n(Cc3ccc(Cn4c5ccccc5c5ccccc54)cc3)c3ccccc23)CC1. The lowest BCUT2D eigenvalue weighted by atomic mass is 10.0. The number of allylic oxidation sites excluding steroid dienone is 1. The molecule has 0 atom stereocenters. The Bertz CT molecular complexity index is 1640. The zero-order valence-corrected chi connectivity index (χ0v) is 19.1. The summed E-state index contributed by atoms with van der Waals surface area (Å²) in [6.07, 6.45) is 6.86. The molecule has 4 aromatic carbocycles. The van der Waals surface area contributed by atoms with Crippen molar-refractivity contribution < 1.29 is 0 Å². The van der Waals surface area contributed by atoms with Gasteiger partial charge in [0.1, 0.15) is 0 Å². The van der Waals surface area contributed by atoms with Gasteiger partial charge in [-0.3, -0.25) is 0 Å². The van der Waals surface area contributed by atoms with E-state index < -0.39 is 0 Å². The predicted molar refractivity (Wildman–Crippen MR) is 143 cm³/mol. The molecule has 0 radical (unpaired) electrons. The van der Waals surface area contributed by atoms with Gasteiger partial charge in [-0.1, -0.05) is 91.0 Å². The molecule has 0 saturated heterocycles. The van der Waals surface area contributed by atoms with Crippen LogP contribution in [0.4, 0.5) is 0 Å². The first kappa shape index (κ1) is 19.4. The Morgan fingerprint density at radius 3 is 1.65 bits per heavy atom. The highest BCUT2D eigenvalue weighted by Gasteiger charge is 2.17. The summed E-state index contributed by atoms with van der Waals surface area (Å²) in [6.45, 7) is 1.79. The van der Waals surface area contributed by atoms with E-state index in [1.54, 1.807) is 0 Å². The summed E-state index contributed by atoms with van der Waals surface area (Å²) in [4.78, 5) is 0. The number of fused-ring (bicyclic) bond motifs is 6. The summed E-state index contributed by atoms with van der Waals surface area (Å²) < 4.78 is 4.97. The van der Waals surface area contributed by atoms with Crippen LogP contribution in [-0.2, 0) is 19.5 Å². The Balaban J connectivity index is 1.23. The van der Waals surface area contributed by atoms with Crippen LogP contribution in [0.3, 0.4) is 0 Å². The van der Waals surface area contributed by atoms with Crippen LogP contribution < -0.4 is 0 Å². The Morgan fingerprint density at radius 2 is 1.03 bits per heavy atom. The zero-order chi connectivity index (χ0) is 22.5. The lowest BCUT2D eigenvalue weighted by molar-refractivity contribution is 0.754. The summed E-state index contributed by atoms with van der Waals surface area (Å²) >= 11 is 0. The molecule has 2 heteroatoms. The standard InChI is InChI=1S/C32H26N2/c1-5-13-29-25(9-1)26-10-2-6-14-30(26)33(29)21-23-17-19-24(20-18-23)22-34-31-15-7-3-11-27(31)28-12-4-8-16-32(28)34/h1-7,9-15,17-20H,8,16,21-22H2. The van der Waals surface area contributed by atoms with E-state index in [-0.39, 0.29) is 0 Å². The van der Waals surface area contributed by atoms with Gasteiger partial charge in [0, 0.05) is 57.1 Å². The summed E-state index contributed by atoms with van der Waals surface area (Å²) in [7, 11) is 0. The quantitative estimate of drug-likeness (QED) is 0.266. The maximum atomic E-state index is 2.52. The average molecular weight is 439 g/mol. The molecule has 0 aliphatic heterocycles. The number of aromatic nitrogens is 2. The van der Waals surface area contributed by atoms with E-state index in [9.17, 15) is 0 Å². The highest BCUT2D eigenvalue weighted by molar-refractivity contribution is 6.08. The molecular weight excluding hydrogens is 412 g/mol. The van der Waals surface area contributed by atoms with Gasteiger partial charge in [0.05, 0.1) is 0 Å². The van der Waals surface area contributed by atoms with Crippen LogP contribution in [0.5, 0.6) is 0 Å². The minimum atomic E-state index is 0.876. The number of hydrogen-bond acceptors (Lipinski definition) is 0. The minimum absolute atomic E-state index is 0.876. The lowest BCUT2D eigenvalue weighted by Crippen LogP contribution is -2.06. The van der Waals surface area contributed by atoms with Gasteiger partial charge in [0.25, 0.3) is 0 Å². The Hall–Kier alpha value is -4.04. The first-order valence-electron chi connectivity index (χ1n) is 12.2. The van der Waals surface area contributed by atoms with Gasteiger partial charge in [-0.2, -0.15) is 0 Å². The van der Waals surface area contributed by atoms with E-state index in [1.807, 2.05) is 0 Å². The molecular formula is C32H26N2. The first-order valence-corrected chi connectivity index (χ1v) is 12.2. The highest BCUT2D eigenvalue weighted by Crippen LogP contribution is 2.32. The second-order valence-electron chi connectivity index (χ2n) is 9.34. The van der Waals surface area contributed by atoms with E-state index in [0.717, 1.165) is 25.9 Å². The maximum Gasteiger partial charge on any atom is 0.0494 e. The molecule has 0 bridgehead atoms. The van der Waals surface area contributed by atoms with Crippen molar-refractivity contribution in [1.82, 2.24) is 9.13 Å². The number of hydrogen-bond donors (Lipinski definition) is 0. The van der Waals surface area contributed by atoms with E-state index in [0.29, 0.717) is 0 Å². The first-order chi connectivity index (χ1) is 16.9. The molecule has 0 spiro atoms. The molecule has 2 heterocycles. The van der Waals surface area contributed by atoms with Crippen molar-refractivity contribution in [2.24, 2.45) is 0 Å². The summed E-state index contributed by atoms with van der Waals surface area (Å²) in [5.74, 6) is 0. The fourth-order valence-corrected chi connectivity index (χ4v) is 5.73. The summed E-state index contributed by atoms with van der Waals surface area (Å²) in [5, 5.41) is 4.03. The van der Waals surface area contributed by atoms with Crippen molar-refractivity contribution in [2.75, 3.05) is 0 Å². The van der Waals surface area contributed by atoms with E-state index in [4.69, 9.17) is 0 Å². The van der Waals surface area contributed by atoms with Crippen LogP contribution in [0.25, 0.3) is 38.8 Å². The molecule has 164 valence electrons. The molecule has 6 aromatic rings. The van der Waals surface area contributed by atoms with Gasteiger partial charge in [-0.05, 0) is 42.2 Å². The molecule has 0 unspecified atom stereocenters. The number of para-hydroxylation sites is 3. The Labute approximate surface area is 199 Å². The second kappa shape index (κ2) is 7.78. The van der Waals surface area contributed by atoms with Crippen molar-refractivity contribution >= 4 is 38.8 Å². The fraction of sp³-hybridized carbons (Fsp3) is 0.125. The highest BCUT2D eigenvalue weighted by atomic mass is 15.0. The van der Waals surface area contributed by atoms with Gasteiger partial charge >= 0.3 is 0 Å². The molecule has 2 nitrogen and oxygen atoms in total. The number of nitrogens with zero attached hydrogens (tertiary/aromatic N) is 2. The van der Waals surface area contributed by atoms with E-state index in [1.165, 1.54) is 55.1 Å². The third-order valence-corrected chi connectivity index (χ3v) is 7.34. The molecule has 34 heavy (non-hydrogen) atoms. The Kier molecular flexibility index (Phi) is 4.44. The molecule has 0 amide bonds. The van der Waals surface area contributed by atoms with Gasteiger partial charge < -0.3 is 9.13 Å². The molecule has 1 aliphatic rings. The van der Waals surface area contributed by atoms with Crippen molar-refractivity contribution in [1.29, 1.82) is 0 Å². The van der Waals surface area contributed by atoms with Gasteiger partial charge in [-0.15, -0.1) is 0 Å². The van der Waals surface area contributed by atoms with E-state index >= 15 is 0 Å². The predicted octanol–water partition coefficient (Wildman–Crippen LogP) is 7.81. The van der Waals surface area contributed by atoms with Crippen LogP contribution in [0, 0.1) is 0 Å². The fourth-order valence-electron chi connectivity index (χ4n) is 5.73. The van der Waals surface area contributed by atoms with Gasteiger partial charge in [0.2, 0.25) is 0 Å². The molecule has 0 saturated carbocycles.